The summed E-state index contributed by atoms with van der Waals surface area (Å²) < 4.78 is 1.97. The highest BCUT2D eigenvalue weighted by atomic mass is 15.6. The molecule has 0 amide bonds. The number of benzene rings is 4. The number of aromatic nitrogens is 2. The highest BCUT2D eigenvalue weighted by Gasteiger charge is 2.27. The van der Waals surface area contributed by atoms with E-state index in [0.29, 0.717) is 0 Å². The van der Waals surface area contributed by atoms with E-state index < -0.39 is 0 Å². The predicted molar refractivity (Wildman–Crippen MR) is 169 cm³/mol. The molecule has 0 radical (unpaired) electrons. The van der Waals surface area contributed by atoms with Crippen molar-refractivity contribution in [1.29, 1.82) is 0 Å². The molecule has 1 aromatic heterocycles. The molecule has 1 aliphatic heterocycles. The van der Waals surface area contributed by atoms with Gasteiger partial charge in [-0.3, -0.25) is 4.68 Å². The van der Waals surface area contributed by atoms with Gasteiger partial charge in [-0.1, -0.05) is 112 Å². The Kier molecular flexibility index (Phi) is 6.77. The molecule has 4 aromatic carbocycles. The van der Waals surface area contributed by atoms with Crippen molar-refractivity contribution in [2.24, 2.45) is 12.1 Å². The van der Waals surface area contributed by atoms with Crippen LogP contribution in [0.4, 0.5) is 5.69 Å². The van der Waals surface area contributed by atoms with Gasteiger partial charge in [0.05, 0.1) is 17.1 Å². The summed E-state index contributed by atoms with van der Waals surface area (Å²) in [6, 6.07) is 35.0. The van der Waals surface area contributed by atoms with Crippen LogP contribution >= 0.6 is 0 Å². The first kappa shape index (κ1) is 25.7. The Bertz CT molecular complexity index is 1680. The summed E-state index contributed by atoms with van der Waals surface area (Å²) in [7, 11) is 4.06. The van der Waals surface area contributed by atoms with Crippen LogP contribution in [-0.4, -0.2) is 41.4 Å². The smallest absolute Gasteiger partial charge is 0.242 e. The summed E-state index contributed by atoms with van der Waals surface area (Å²) in [5, 5.41) is 11.6. The van der Waals surface area contributed by atoms with Crippen molar-refractivity contribution >= 4 is 35.1 Å². The highest BCUT2D eigenvalue weighted by molar-refractivity contribution is 6.96. The first-order chi connectivity index (χ1) is 19.4. The molecule has 0 aliphatic carbocycles. The lowest BCUT2D eigenvalue weighted by molar-refractivity contribution is 0.549. The van der Waals surface area contributed by atoms with Crippen LogP contribution in [0.5, 0.6) is 0 Å². The highest BCUT2D eigenvalue weighted by Crippen LogP contribution is 2.25. The van der Waals surface area contributed by atoms with Crippen molar-refractivity contribution < 1.29 is 0 Å². The largest absolute Gasteiger partial charge is 0.345 e. The van der Waals surface area contributed by atoms with Crippen LogP contribution in [0.15, 0.2) is 102 Å². The molecule has 5 nitrogen and oxygen atoms in total. The molecule has 40 heavy (non-hydrogen) atoms. The lowest BCUT2D eigenvalue weighted by Gasteiger charge is -2.23. The summed E-state index contributed by atoms with van der Waals surface area (Å²) in [5.74, 6) is 0. The van der Waals surface area contributed by atoms with Crippen LogP contribution in [0.25, 0.3) is 22.5 Å². The fourth-order valence-corrected chi connectivity index (χ4v) is 5.99. The lowest BCUT2D eigenvalue weighted by atomic mass is 9.35. The van der Waals surface area contributed by atoms with E-state index in [2.05, 4.69) is 122 Å². The Morgan fingerprint density at radius 2 is 1.38 bits per heavy atom. The third kappa shape index (κ3) is 4.93. The summed E-state index contributed by atoms with van der Waals surface area (Å²) >= 11 is 0. The molecule has 0 spiro atoms. The first-order valence-corrected chi connectivity index (χ1v) is 13.8. The average Bonchev–Trinajstić information content (AvgIpc) is 3.57. The van der Waals surface area contributed by atoms with Crippen LogP contribution in [0, 0.1) is 20.8 Å². The van der Waals surface area contributed by atoms with Crippen LogP contribution in [0.3, 0.4) is 0 Å². The molecular weight excluding hydrogens is 489 g/mol. The van der Waals surface area contributed by atoms with Gasteiger partial charge in [0.25, 0.3) is 0 Å². The third-order valence-electron chi connectivity index (χ3n) is 7.74. The molecule has 0 unspecified atom stereocenters. The Labute approximate surface area is 237 Å². The zero-order valence-corrected chi connectivity index (χ0v) is 23.8. The van der Waals surface area contributed by atoms with Gasteiger partial charge in [-0.25, -0.2) is 5.01 Å². The molecule has 0 saturated heterocycles. The third-order valence-corrected chi connectivity index (χ3v) is 7.74. The predicted octanol–water partition coefficient (Wildman–Crippen LogP) is 4.85. The summed E-state index contributed by atoms with van der Waals surface area (Å²) in [4.78, 5) is 2.08. The van der Waals surface area contributed by atoms with E-state index >= 15 is 0 Å². The molecule has 6 heteroatoms. The van der Waals surface area contributed by atoms with Gasteiger partial charge < -0.3 is 4.90 Å². The lowest BCUT2D eigenvalue weighted by Crippen LogP contribution is -2.54. The van der Waals surface area contributed by atoms with Gasteiger partial charge in [0.15, 0.2) is 0 Å². The number of nitrogens with zero attached hydrogens (tertiary/aromatic N) is 5. The quantitative estimate of drug-likeness (QED) is 0.299. The maximum Gasteiger partial charge on any atom is 0.242 e. The van der Waals surface area contributed by atoms with E-state index in [-0.39, 0.29) is 6.71 Å². The van der Waals surface area contributed by atoms with Crippen molar-refractivity contribution in [2.75, 3.05) is 18.7 Å². The van der Waals surface area contributed by atoms with Gasteiger partial charge >= 0.3 is 0 Å². The Balaban J connectivity index is 1.47. The zero-order valence-electron chi connectivity index (χ0n) is 23.8. The number of aryl methyl sites for hydroxylation is 4. The second-order valence-corrected chi connectivity index (χ2v) is 10.9. The van der Waals surface area contributed by atoms with Crippen molar-refractivity contribution in [3.05, 3.63) is 114 Å². The first-order valence-electron chi connectivity index (χ1n) is 13.8. The van der Waals surface area contributed by atoms with Crippen LogP contribution in [0.2, 0.25) is 0 Å². The average molecular weight is 523 g/mol. The normalized spacial score (nSPS) is 12.8. The molecule has 5 aromatic rings. The fraction of sp³-hybridized carbons (Fsp3) is 0.176. The Morgan fingerprint density at radius 1 is 0.700 bits per heavy atom. The molecule has 0 saturated carbocycles. The van der Waals surface area contributed by atoms with Gasteiger partial charge in [0, 0.05) is 19.7 Å². The summed E-state index contributed by atoms with van der Waals surface area (Å²) in [6.45, 7) is 7.46. The van der Waals surface area contributed by atoms with Crippen LogP contribution < -0.4 is 21.4 Å². The molecule has 0 bridgehead atoms. The molecule has 0 atom stereocenters. The van der Waals surface area contributed by atoms with E-state index in [1.807, 2.05) is 36.2 Å². The van der Waals surface area contributed by atoms with Gasteiger partial charge in [-0.05, 0) is 44.5 Å². The van der Waals surface area contributed by atoms with Crippen molar-refractivity contribution in [2.45, 2.75) is 20.8 Å². The number of anilines is 1. The fourth-order valence-electron chi connectivity index (χ4n) is 5.99. The SMILES string of the molecule is Cc1cc(C)c(B(c2cccc(-c3cc(-c4ccccc4)n(C)n3)c2)c2cccc(N3CN(C)C=N3)c2)c(C)c1. The maximum atomic E-state index is 4.91. The van der Waals surface area contributed by atoms with Crippen LogP contribution in [-0.2, 0) is 7.05 Å². The second kappa shape index (κ2) is 10.5. The number of hydrazone groups is 1. The zero-order chi connectivity index (χ0) is 27.8. The van der Waals surface area contributed by atoms with Gasteiger partial charge in [-0.15, -0.1) is 0 Å². The van der Waals surface area contributed by atoms with E-state index in [9.17, 15) is 0 Å². The number of hydrogen-bond donors (Lipinski definition) is 0. The molecule has 0 N–H and O–H groups in total. The molecule has 0 fully saturated rings. The topological polar surface area (TPSA) is 36.7 Å². The molecular formula is C34H34BN5. The van der Waals surface area contributed by atoms with Crippen LogP contribution in [0.1, 0.15) is 16.7 Å². The van der Waals surface area contributed by atoms with E-state index in [0.717, 1.165) is 34.9 Å². The number of hydrogen-bond acceptors (Lipinski definition) is 4. The standard InChI is InChI=1S/C34H34BN5/c1-24-17-25(2)34(26(3)18-24)35(30-15-10-16-31(20-30)40-23-38(4)22-36-40)29-14-9-13-28(19-29)32-21-33(39(5)37-32)27-11-7-6-8-12-27/h6-22H,23H2,1-5H3. The number of rotatable bonds is 6. The molecule has 1 aliphatic rings. The minimum absolute atomic E-state index is 0.0714. The summed E-state index contributed by atoms with van der Waals surface area (Å²) in [5.41, 5.74) is 13.2. The van der Waals surface area contributed by atoms with Gasteiger partial charge in [0.1, 0.15) is 13.0 Å². The van der Waals surface area contributed by atoms with E-state index in [1.165, 1.54) is 33.1 Å². The van der Waals surface area contributed by atoms with E-state index in [4.69, 9.17) is 5.10 Å². The van der Waals surface area contributed by atoms with Crippen molar-refractivity contribution in [1.82, 2.24) is 14.7 Å². The minimum atomic E-state index is 0.0714. The molecule has 6 rings (SSSR count). The maximum absolute atomic E-state index is 4.91. The molecule has 198 valence electrons. The second-order valence-electron chi connectivity index (χ2n) is 10.9. The molecule has 2 heterocycles. The van der Waals surface area contributed by atoms with Gasteiger partial charge in [0.2, 0.25) is 6.71 Å². The summed E-state index contributed by atoms with van der Waals surface area (Å²) in [6.07, 6.45) is 1.87. The monoisotopic (exact) mass is 523 g/mol. The van der Waals surface area contributed by atoms with Crippen molar-refractivity contribution in [3.8, 4) is 22.5 Å². The minimum Gasteiger partial charge on any atom is -0.345 e. The van der Waals surface area contributed by atoms with Crippen molar-refractivity contribution in [3.63, 3.8) is 0 Å². The Morgan fingerprint density at radius 3 is 2.08 bits per heavy atom. The van der Waals surface area contributed by atoms with E-state index in [1.54, 1.807) is 0 Å². The van der Waals surface area contributed by atoms with Gasteiger partial charge in [-0.2, -0.15) is 10.2 Å². The Hall–Kier alpha value is -4.58.